The summed E-state index contributed by atoms with van der Waals surface area (Å²) in [7, 11) is 0. The van der Waals surface area contributed by atoms with Crippen LogP contribution in [0.1, 0.15) is 0 Å². The van der Waals surface area contributed by atoms with E-state index in [1.807, 2.05) is 24.3 Å². The maximum absolute atomic E-state index is 10.2. The Hall–Kier alpha value is -2.10. The van der Waals surface area contributed by atoms with Crippen molar-refractivity contribution in [1.82, 2.24) is 9.55 Å². The fourth-order valence-electron chi connectivity index (χ4n) is 1.34. The maximum Gasteiger partial charge on any atom is 0.205 e. The van der Waals surface area contributed by atoms with Gasteiger partial charge in [-0.15, -0.1) is 0 Å². The fraction of sp³-hybridized carbons (Fsp3) is 0. The summed E-state index contributed by atoms with van der Waals surface area (Å²) in [5.74, 6) is 0.379. The lowest BCUT2D eigenvalue weighted by Crippen LogP contribution is -1.95. The van der Waals surface area contributed by atoms with E-state index in [4.69, 9.17) is 5.73 Å². The molecule has 0 spiro atoms. The molecule has 2 aromatic rings. The molecule has 0 bridgehead atoms. The van der Waals surface area contributed by atoms with Crippen LogP contribution in [0.4, 0.5) is 5.95 Å². The third-order valence-corrected chi connectivity index (χ3v) is 1.94. The second-order valence-electron chi connectivity index (χ2n) is 2.81. The zero-order chi connectivity index (χ0) is 9.97. The van der Waals surface area contributed by atoms with Crippen LogP contribution < -0.4 is 5.73 Å². The first-order chi connectivity index (χ1) is 6.83. The first-order valence-electron chi connectivity index (χ1n) is 4.17. The second kappa shape index (κ2) is 3.33. The largest absolute Gasteiger partial charge is 0.369 e. The van der Waals surface area contributed by atoms with Gasteiger partial charge >= 0.3 is 0 Å². The molecule has 1 aromatic heterocycles. The number of nitrogens with two attached hydrogens (primary N) is 1. The number of hydrogen-bond donors (Lipinski definition) is 1. The smallest absolute Gasteiger partial charge is 0.205 e. The van der Waals surface area contributed by atoms with Gasteiger partial charge in [0.05, 0.1) is 11.0 Å². The molecule has 2 rings (SSSR count). The number of imidazole rings is 1. The van der Waals surface area contributed by atoms with E-state index in [0.717, 1.165) is 11.0 Å². The molecule has 0 atom stereocenters. The summed E-state index contributed by atoms with van der Waals surface area (Å²) >= 11 is 0. The average Bonchev–Trinajstić information content (AvgIpc) is 2.51. The van der Waals surface area contributed by atoms with Gasteiger partial charge in [0.15, 0.2) is 0 Å². The molecule has 0 saturated carbocycles. The number of aldehydes is 1. The molecule has 0 fully saturated rings. The van der Waals surface area contributed by atoms with E-state index in [-0.39, 0.29) is 0 Å². The highest BCUT2D eigenvalue weighted by Crippen LogP contribution is 2.17. The third-order valence-electron chi connectivity index (χ3n) is 1.94. The highest BCUT2D eigenvalue weighted by Gasteiger charge is 2.03. The molecule has 2 N–H and O–H groups in total. The van der Waals surface area contributed by atoms with Gasteiger partial charge in [-0.25, -0.2) is 4.98 Å². The Morgan fingerprint density at radius 3 is 2.93 bits per heavy atom. The van der Waals surface area contributed by atoms with E-state index in [0.29, 0.717) is 12.2 Å². The van der Waals surface area contributed by atoms with Crippen LogP contribution in [0.5, 0.6) is 0 Å². The Morgan fingerprint density at radius 2 is 2.14 bits per heavy atom. The van der Waals surface area contributed by atoms with Gasteiger partial charge in [0.1, 0.15) is 6.29 Å². The number of allylic oxidation sites excluding steroid dienone is 1. The summed E-state index contributed by atoms with van der Waals surface area (Å²) in [6, 6.07) is 7.56. The minimum absolute atomic E-state index is 0.379. The van der Waals surface area contributed by atoms with Gasteiger partial charge in [-0.3, -0.25) is 9.36 Å². The molecule has 4 nitrogen and oxygen atoms in total. The van der Waals surface area contributed by atoms with Gasteiger partial charge in [-0.05, 0) is 18.2 Å². The van der Waals surface area contributed by atoms with Gasteiger partial charge in [0.2, 0.25) is 5.95 Å². The Kier molecular flexibility index (Phi) is 2.02. The van der Waals surface area contributed by atoms with Crippen molar-refractivity contribution < 1.29 is 4.79 Å². The Labute approximate surface area is 80.7 Å². The molecule has 0 aliphatic heterocycles. The van der Waals surface area contributed by atoms with Crippen molar-refractivity contribution >= 4 is 29.5 Å². The lowest BCUT2D eigenvalue weighted by Gasteiger charge is -1.96. The van der Waals surface area contributed by atoms with E-state index < -0.39 is 0 Å². The topological polar surface area (TPSA) is 60.9 Å². The van der Waals surface area contributed by atoms with Gasteiger partial charge in [0, 0.05) is 6.20 Å². The first-order valence-corrected chi connectivity index (χ1v) is 4.17. The minimum Gasteiger partial charge on any atom is -0.369 e. The van der Waals surface area contributed by atoms with Gasteiger partial charge in [-0.1, -0.05) is 12.1 Å². The van der Waals surface area contributed by atoms with E-state index in [1.165, 1.54) is 6.08 Å². The predicted molar refractivity (Wildman–Crippen MR) is 55.5 cm³/mol. The standard InChI is InChI=1S/C10H9N3O/c11-10-12-8-4-1-2-5-9(8)13(10)6-3-7-14/h1-7H,(H2,11,12). The fourth-order valence-corrected chi connectivity index (χ4v) is 1.34. The number of benzene rings is 1. The van der Waals surface area contributed by atoms with Gasteiger partial charge < -0.3 is 5.73 Å². The Morgan fingerprint density at radius 1 is 1.36 bits per heavy atom. The van der Waals surface area contributed by atoms with Crippen LogP contribution in [-0.4, -0.2) is 15.8 Å². The molecule has 0 aliphatic rings. The summed E-state index contributed by atoms with van der Waals surface area (Å²) in [5, 5.41) is 0. The number of rotatable bonds is 2. The number of nitrogens with zero attached hydrogens (tertiary/aromatic N) is 2. The summed E-state index contributed by atoms with van der Waals surface area (Å²) in [6.45, 7) is 0. The van der Waals surface area contributed by atoms with Crippen LogP contribution in [0.25, 0.3) is 17.2 Å². The first kappa shape index (κ1) is 8.50. The van der Waals surface area contributed by atoms with E-state index in [1.54, 1.807) is 10.8 Å². The highest BCUT2D eigenvalue weighted by atomic mass is 16.1. The number of nitrogen functional groups attached to an aromatic ring is 1. The zero-order valence-corrected chi connectivity index (χ0v) is 7.42. The van der Waals surface area contributed by atoms with Crippen molar-refractivity contribution in [2.45, 2.75) is 0 Å². The van der Waals surface area contributed by atoms with Crippen molar-refractivity contribution in [2.75, 3.05) is 5.73 Å². The third kappa shape index (κ3) is 1.26. The van der Waals surface area contributed by atoms with E-state index >= 15 is 0 Å². The molecule has 0 amide bonds. The molecule has 0 unspecified atom stereocenters. The highest BCUT2D eigenvalue weighted by molar-refractivity contribution is 5.82. The molecule has 0 radical (unpaired) electrons. The number of para-hydroxylation sites is 2. The van der Waals surface area contributed by atoms with Crippen molar-refractivity contribution in [1.29, 1.82) is 0 Å². The van der Waals surface area contributed by atoms with E-state index in [2.05, 4.69) is 4.98 Å². The number of hydrogen-bond acceptors (Lipinski definition) is 3. The number of fused-ring (bicyclic) bond motifs is 1. The summed E-state index contributed by atoms with van der Waals surface area (Å²) < 4.78 is 1.67. The molecule has 0 aliphatic carbocycles. The number of carbonyl (C=O) groups is 1. The number of anilines is 1. The summed E-state index contributed by atoms with van der Waals surface area (Å²) in [4.78, 5) is 14.3. The Bertz CT molecular complexity index is 499. The van der Waals surface area contributed by atoms with Crippen LogP contribution in [0.15, 0.2) is 30.3 Å². The van der Waals surface area contributed by atoms with Crippen LogP contribution in [0, 0.1) is 0 Å². The monoisotopic (exact) mass is 187 g/mol. The molecule has 1 heterocycles. The molecule has 0 saturated heterocycles. The average molecular weight is 187 g/mol. The lowest BCUT2D eigenvalue weighted by atomic mass is 10.3. The molecule has 70 valence electrons. The second-order valence-corrected chi connectivity index (χ2v) is 2.81. The van der Waals surface area contributed by atoms with Crippen molar-refractivity contribution in [3.63, 3.8) is 0 Å². The van der Waals surface area contributed by atoms with Crippen LogP contribution in [0.2, 0.25) is 0 Å². The maximum atomic E-state index is 10.2. The van der Waals surface area contributed by atoms with Crippen LogP contribution in [-0.2, 0) is 4.79 Å². The predicted octanol–water partition coefficient (Wildman–Crippen LogP) is 1.29. The molecular formula is C10H9N3O. The number of carbonyl (C=O) groups excluding carboxylic acids is 1. The minimum atomic E-state index is 0.379. The quantitative estimate of drug-likeness (QED) is 0.569. The van der Waals surface area contributed by atoms with Gasteiger partial charge in [0.25, 0.3) is 0 Å². The number of aromatic nitrogens is 2. The zero-order valence-electron chi connectivity index (χ0n) is 7.42. The molecule has 4 heteroatoms. The lowest BCUT2D eigenvalue weighted by molar-refractivity contribution is -0.104. The Balaban J connectivity index is 2.67. The molecule has 14 heavy (non-hydrogen) atoms. The van der Waals surface area contributed by atoms with Gasteiger partial charge in [-0.2, -0.15) is 0 Å². The summed E-state index contributed by atoms with van der Waals surface area (Å²) in [5.41, 5.74) is 7.39. The van der Waals surface area contributed by atoms with Crippen LogP contribution >= 0.6 is 0 Å². The normalized spacial score (nSPS) is 11.1. The molecular weight excluding hydrogens is 178 g/mol. The van der Waals surface area contributed by atoms with Crippen molar-refractivity contribution in [3.05, 3.63) is 30.3 Å². The molecule has 1 aromatic carbocycles. The SMILES string of the molecule is Nc1nc2ccccc2n1C=CC=O. The van der Waals surface area contributed by atoms with Crippen LogP contribution in [0.3, 0.4) is 0 Å². The summed E-state index contributed by atoms with van der Waals surface area (Å²) in [6.07, 6.45) is 3.68. The van der Waals surface area contributed by atoms with Crippen molar-refractivity contribution in [3.8, 4) is 0 Å². The van der Waals surface area contributed by atoms with Crippen molar-refractivity contribution in [2.24, 2.45) is 0 Å². The van der Waals surface area contributed by atoms with E-state index in [9.17, 15) is 4.79 Å².